The van der Waals surface area contributed by atoms with Crippen LogP contribution in [-0.4, -0.2) is 50.9 Å². The molecule has 0 heterocycles. The Hall–Kier alpha value is -0.0500. The summed E-state index contributed by atoms with van der Waals surface area (Å²) in [6, 6.07) is 0. The quantitative estimate of drug-likeness (QED) is 0.358. The summed E-state index contributed by atoms with van der Waals surface area (Å²) >= 11 is 0. The topological polar surface area (TPSA) is 153 Å². The molecule has 9 heteroatoms. The van der Waals surface area contributed by atoms with E-state index in [1.165, 1.54) is 0 Å². The summed E-state index contributed by atoms with van der Waals surface area (Å²) in [5.74, 6) is 0. The lowest BCUT2D eigenvalue weighted by molar-refractivity contribution is -0.349. The Morgan fingerprint density at radius 3 is 2.07 bits per heavy atom. The highest BCUT2D eigenvalue weighted by Crippen LogP contribution is 2.34. The molecule has 1 rings (SSSR count). The Balaban J connectivity index is 2.71. The van der Waals surface area contributed by atoms with Crippen LogP contribution in [0.1, 0.15) is 6.42 Å². The second-order valence-corrected chi connectivity index (χ2v) is 4.47. The zero-order chi connectivity index (χ0) is 11.8. The molecule has 0 aromatic carbocycles. The van der Waals surface area contributed by atoms with Gasteiger partial charge in [0.2, 0.25) is 0 Å². The van der Waals surface area contributed by atoms with Gasteiger partial charge < -0.3 is 39.3 Å². The predicted octanol–water partition coefficient (Wildman–Crippen LogP) is -3.95. The van der Waals surface area contributed by atoms with Gasteiger partial charge in [0.1, 0.15) is 18.3 Å². The minimum absolute atomic E-state index is 0.451. The largest absolute Gasteiger partial charge is 0.790 e. The van der Waals surface area contributed by atoms with E-state index in [2.05, 4.69) is 4.52 Å². The number of hydrogen-bond donors (Lipinski definition) is 4. The molecule has 1 saturated carbocycles. The van der Waals surface area contributed by atoms with Gasteiger partial charge in [-0.1, -0.05) is 0 Å². The lowest BCUT2D eigenvalue weighted by Crippen LogP contribution is -2.56. The van der Waals surface area contributed by atoms with Gasteiger partial charge in [-0.15, -0.1) is 0 Å². The molecular weight excluding hydrogens is 231 g/mol. The van der Waals surface area contributed by atoms with E-state index in [0.717, 1.165) is 0 Å². The molecule has 1 aliphatic rings. The Morgan fingerprint density at radius 1 is 1.07 bits per heavy atom. The van der Waals surface area contributed by atoms with Crippen molar-refractivity contribution in [2.24, 2.45) is 0 Å². The number of phosphoric acid groups is 1. The zero-order valence-electron chi connectivity index (χ0n) is 7.46. The van der Waals surface area contributed by atoms with Crippen LogP contribution in [-0.2, 0) is 9.09 Å². The van der Waals surface area contributed by atoms with Gasteiger partial charge in [-0.25, -0.2) is 0 Å². The molecule has 0 aromatic rings. The summed E-state index contributed by atoms with van der Waals surface area (Å²) in [6.45, 7) is 0. The lowest BCUT2D eigenvalue weighted by Gasteiger charge is -2.42. The van der Waals surface area contributed by atoms with Gasteiger partial charge in [0, 0.05) is 6.42 Å². The van der Waals surface area contributed by atoms with Gasteiger partial charge in [-0.3, -0.25) is 0 Å². The first-order valence-corrected chi connectivity index (χ1v) is 5.61. The third-order valence-electron chi connectivity index (χ3n) is 2.21. The molecular formula is C6H11O8P-2. The summed E-state index contributed by atoms with van der Waals surface area (Å²) in [6.07, 6.45) is -8.55. The van der Waals surface area contributed by atoms with Crippen LogP contribution in [0.4, 0.5) is 0 Å². The third-order valence-corrected chi connectivity index (χ3v) is 2.74. The van der Waals surface area contributed by atoms with Gasteiger partial charge in [-0.2, -0.15) is 0 Å². The average molecular weight is 242 g/mol. The van der Waals surface area contributed by atoms with Crippen molar-refractivity contribution >= 4 is 7.82 Å². The molecule has 8 nitrogen and oxygen atoms in total. The van der Waals surface area contributed by atoms with Gasteiger partial charge >= 0.3 is 0 Å². The highest BCUT2D eigenvalue weighted by atomic mass is 31.2. The van der Waals surface area contributed by atoms with Crippen molar-refractivity contribution in [2.45, 2.75) is 36.9 Å². The molecule has 4 N–H and O–H groups in total. The number of aliphatic hydroxyl groups excluding tert-OH is 4. The number of rotatable bonds is 2. The molecule has 5 atom stereocenters. The van der Waals surface area contributed by atoms with E-state index < -0.39 is 44.8 Å². The second-order valence-electron chi connectivity index (χ2n) is 3.37. The van der Waals surface area contributed by atoms with Crippen molar-refractivity contribution in [3.05, 3.63) is 0 Å². The van der Waals surface area contributed by atoms with Crippen LogP contribution in [0.5, 0.6) is 0 Å². The van der Waals surface area contributed by atoms with E-state index in [1.807, 2.05) is 0 Å². The minimum atomic E-state index is -5.31. The summed E-state index contributed by atoms with van der Waals surface area (Å²) < 4.78 is 14.2. The number of hydrogen-bond acceptors (Lipinski definition) is 8. The van der Waals surface area contributed by atoms with E-state index in [9.17, 15) is 19.5 Å². The fourth-order valence-corrected chi connectivity index (χ4v) is 1.98. The van der Waals surface area contributed by atoms with Crippen LogP contribution in [0.3, 0.4) is 0 Å². The Bertz CT molecular complexity index is 264. The molecule has 0 amide bonds. The summed E-state index contributed by atoms with van der Waals surface area (Å²) in [5.41, 5.74) is 0. The van der Waals surface area contributed by atoms with E-state index in [-0.39, 0.29) is 0 Å². The predicted molar refractivity (Wildman–Crippen MR) is 41.1 cm³/mol. The third kappa shape index (κ3) is 3.20. The fourth-order valence-electron chi connectivity index (χ4n) is 1.44. The second kappa shape index (κ2) is 4.44. The summed E-state index contributed by atoms with van der Waals surface area (Å²) in [5, 5.41) is 36.6. The maximum absolute atomic E-state index is 10.3. The Labute approximate surface area is 85.0 Å². The first-order chi connectivity index (χ1) is 6.72. The lowest BCUT2D eigenvalue weighted by atomic mass is 9.87. The zero-order valence-corrected chi connectivity index (χ0v) is 8.36. The molecule has 0 unspecified atom stereocenters. The van der Waals surface area contributed by atoms with Gasteiger partial charge in [0.15, 0.2) is 0 Å². The van der Waals surface area contributed by atoms with Crippen molar-refractivity contribution < 1.29 is 39.3 Å². The Morgan fingerprint density at radius 2 is 1.60 bits per heavy atom. The normalized spacial score (nSPS) is 42.9. The fraction of sp³-hybridized carbons (Fsp3) is 1.00. The highest BCUT2D eigenvalue weighted by molar-refractivity contribution is 7.43. The van der Waals surface area contributed by atoms with Crippen LogP contribution in [0, 0.1) is 0 Å². The average Bonchev–Trinajstić information content (AvgIpc) is 2.08. The molecule has 0 saturated heterocycles. The van der Waals surface area contributed by atoms with E-state index in [1.54, 1.807) is 0 Å². The van der Waals surface area contributed by atoms with Gasteiger partial charge in [0.05, 0.1) is 20.0 Å². The number of phosphoric ester groups is 1. The molecule has 0 radical (unpaired) electrons. The van der Waals surface area contributed by atoms with Crippen molar-refractivity contribution in [1.82, 2.24) is 0 Å². The van der Waals surface area contributed by atoms with Crippen LogP contribution in [0.25, 0.3) is 0 Å². The smallest absolute Gasteiger partial charge is 0.111 e. The first kappa shape index (κ1) is 13.0. The van der Waals surface area contributed by atoms with Crippen molar-refractivity contribution in [3.63, 3.8) is 0 Å². The van der Waals surface area contributed by atoms with Crippen LogP contribution >= 0.6 is 7.82 Å². The molecule has 90 valence electrons. The summed E-state index contributed by atoms with van der Waals surface area (Å²) in [7, 11) is -5.31. The molecule has 0 aliphatic heterocycles. The number of aliphatic hydroxyl groups is 4. The minimum Gasteiger partial charge on any atom is -0.790 e. The molecule has 0 aromatic heterocycles. The van der Waals surface area contributed by atoms with E-state index in [0.29, 0.717) is 0 Å². The van der Waals surface area contributed by atoms with E-state index >= 15 is 0 Å². The SMILES string of the molecule is O=P([O-])([O-])O[C@H]1C[C@@H](O)[C@H](O)[C@@H](O)[C@H]1O. The summed E-state index contributed by atoms with van der Waals surface area (Å²) in [4.78, 5) is 20.5. The van der Waals surface area contributed by atoms with Crippen LogP contribution in [0.2, 0.25) is 0 Å². The highest BCUT2D eigenvalue weighted by Gasteiger charge is 2.42. The Kier molecular flexibility index (Phi) is 3.85. The molecule has 1 aliphatic carbocycles. The van der Waals surface area contributed by atoms with Crippen molar-refractivity contribution in [2.75, 3.05) is 0 Å². The van der Waals surface area contributed by atoms with Crippen molar-refractivity contribution in [1.29, 1.82) is 0 Å². The van der Waals surface area contributed by atoms with Gasteiger partial charge in [0.25, 0.3) is 0 Å². The molecule has 1 fully saturated rings. The molecule has 15 heavy (non-hydrogen) atoms. The standard InChI is InChI=1S/C6H13O8P/c7-2-1-3(14-15(11,12)13)5(9)6(10)4(2)8/h2-10H,1H2,(H2,11,12,13)/p-2/t2-,3+,4+,5+,6-/m1/s1. The van der Waals surface area contributed by atoms with Crippen LogP contribution in [0.15, 0.2) is 0 Å². The monoisotopic (exact) mass is 242 g/mol. The first-order valence-electron chi connectivity index (χ1n) is 4.15. The van der Waals surface area contributed by atoms with Crippen molar-refractivity contribution in [3.8, 4) is 0 Å². The molecule has 0 bridgehead atoms. The van der Waals surface area contributed by atoms with E-state index in [4.69, 9.17) is 15.3 Å². The maximum atomic E-state index is 10.3. The van der Waals surface area contributed by atoms with Crippen LogP contribution < -0.4 is 9.79 Å². The maximum Gasteiger partial charge on any atom is 0.111 e. The van der Waals surface area contributed by atoms with Gasteiger partial charge in [-0.05, 0) is 0 Å². The molecule has 0 spiro atoms.